The zero-order valence-corrected chi connectivity index (χ0v) is 15.8. The van der Waals surface area contributed by atoms with E-state index in [1.165, 1.54) is 29.8 Å². The number of carbonyl (C=O) groups is 3. The fourth-order valence-corrected chi connectivity index (χ4v) is 5.64. The standard InChI is InChI=1S/C23H21FN2O3/c24-15-6-8-16(9-7-15)25-19(27)12-26-22(28)20-14-10-17(13-4-2-1-3-5-13)18(11-14)21(20)23(26)29/h1-9,14,17-18,20-21H,10-12H2,(H,25,27)/t14-,17+,18+,20+,21+/m0/s1. The molecule has 6 heteroatoms. The van der Waals surface area contributed by atoms with Gasteiger partial charge in [-0.2, -0.15) is 0 Å². The first kappa shape index (κ1) is 18.0. The Bertz CT molecular complexity index is 975. The molecular weight excluding hydrogens is 371 g/mol. The number of amides is 3. The summed E-state index contributed by atoms with van der Waals surface area (Å²) in [5.74, 6) is -1.22. The first-order chi connectivity index (χ1) is 14.0. The van der Waals surface area contributed by atoms with Gasteiger partial charge in [0.2, 0.25) is 17.7 Å². The Morgan fingerprint density at radius 2 is 1.66 bits per heavy atom. The highest BCUT2D eigenvalue weighted by atomic mass is 19.1. The third-order valence-corrected chi connectivity index (χ3v) is 6.76. The predicted octanol–water partition coefficient (Wildman–Crippen LogP) is 3.19. The van der Waals surface area contributed by atoms with Gasteiger partial charge in [-0.15, -0.1) is 0 Å². The molecule has 1 N–H and O–H groups in total. The third-order valence-electron chi connectivity index (χ3n) is 6.76. The van der Waals surface area contributed by atoms with Crippen LogP contribution in [0, 0.1) is 29.5 Å². The maximum Gasteiger partial charge on any atom is 0.244 e. The van der Waals surface area contributed by atoms with Crippen molar-refractivity contribution in [2.75, 3.05) is 11.9 Å². The van der Waals surface area contributed by atoms with E-state index >= 15 is 0 Å². The summed E-state index contributed by atoms with van der Waals surface area (Å²) in [6.45, 7) is -0.294. The van der Waals surface area contributed by atoms with E-state index in [1.54, 1.807) is 0 Å². The normalized spacial score (nSPS) is 30.0. The summed E-state index contributed by atoms with van der Waals surface area (Å²) in [5.41, 5.74) is 1.66. The first-order valence-corrected chi connectivity index (χ1v) is 9.98. The van der Waals surface area contributed by atoms with E-state index in [2.05, 4.69) is 17.4 Å². The molecular formula is C23H21FN2O3. The maximum absolute atomic E-state index is 13.1. The highest BCUT2D eigenvalue weighted by Gasteiger charge is 2.63. The molecule has 5 atom stereocenters. The number of carbonyl (C=O) groups excluding carboxylic acids is 3. The molecule has 2 aromatic rings. The van der Waals surface area contributed by atoms with E-state index in [1.807, 2.05) is 18.2 Å². The van der Waals surface area contributed by atoms with Crippen LogP contribution in [0.25, 0.3) is 0 Å². The van der Waals surface area contributed by atoms with Crippen molar-refractivity contribution in [3.8, 4) is 0 Å². The topological polar surface area (TPSA) is 66.5 Å². The minimum absolute atomic E-state index is 0.161. The minimum atomic E-state index is -0.453. The number of fused-ring (bicyclic) bond motifs is 5. The molecule has 5 nitrogen and oxygen atoms in total. The van der Waals surface area contributed by atoms with Crippen LogP contribution in [0.2, 0.25) is 0 Å². The molecule has 1 aliphatic heterocycles. The number of hydrogen-bond donors (Lipinski definition) is 1. The fraction of sp³-hybridized carbons (Fsp3) is 0.348. The number of imide groups is 1. The van der Waals surface area contributed by atoms with Gasteiger partial charge < -0.3 is 5.32 Å². The molecule has 3 fully saturated rings. The molecule has 2 bridgehead atoms. The molecule has 1 saturated heterocycles. The molecule has 1 heterocycles. The monoisotopic (exact) mass is 392 g/mol. The van der Waals surface area contributed by atoms with E-state index in [0.717, 1.165) is 17.7 Å². The van der Waals surface area contributed by atoms with E-state index in [0.29, 0.717) is 11.6 Å². The molecule has 3 amide bonds. The SMILES string of the molecule is O=C(CN1C(=O)[C@@H]2[C@@H]3C[C@@H]([C@H]2C1=O)[C@@H](c1ccccc1)C3)Nc1ccc(F)cc1. The molecule has 3 aliphatic rings. The van der Waals surface area contributed by atoms with Crippen LogP contribution >= 0.6 is 0 Å². The molecule has 5 rings (SSSR count). The van der Waals surface area contributed by atoms with E-state index in [-0.39, 0.29) is 42.0 Å². The van der Waals surface area contributed by atoms with Gasteiger partial charge in [0.1, 0.15) is 12.4 Å². The number of likely N-dealkylation sites (tertiary alicyclic amines) is 1. The van der Waals surface area contributed by atoms with E-state index < -0.39 is 11.7 Å². The van der Waals surface area contributed by atoms with Crippen LogP contribution < -0.4 is 5.32 Å². The molecule has 2 aromatic carbocycles. The summed E-state index contributed by atoms with van der Waals surface area (Å²) >= 11 is 0. The molecule has 0 unspecified atom stereocenters. The van der Waals surface area contributed by atoms with E-state index in [9.17, 15) is 18.8 Å². The predicted molar refractivity (Wildman–Crippen MR) is 104 cm³/mol. The second-order valence-electron chi connectivity index (χ2n) is 8.28. The van der Waals surface area contributed by atoms with Gasteiger partial charge in [-0.25, -0.2) is 4.39 Å². The lowest BCUT2D eigenvalue weighted by atomic mass is 9.73. The first-order valence-electron chi connectivity index (χ1n) is 9.98. The molecule has 0 aromatic heterocycles. The smallest absolute Gasteiger partial charge is 0.244 e. The fourth-order valence-electron chi connectivity index (χ4n) is 5.64. The van der Waals surface area contributed by atoms with Crippen molar-refractivity contribution in [2.45, 2.75) is 18.8 Å². The van der Waals surface area contributed by atoms with Gasteiger partial charge in [0, 0.05) is 5.69 Å². The second-order valence-corrected chi connectivity index (χ2v) is 8.28. The van der Waals surface area contributed by atoms with Gasteiger partial charge in [0.15, 0.2) is 0 Å². The van der Waals surface area contributed by atoms with Crippen molar-refractivity contribution in [1.29, 1.82) is 0 Å². The van der Waals surface area contributed by atoms with Crippen LogP contribution in [0.3, 0.4) is 0 Å². The Labute approximate surface area is 167 Å². The van der Waals surface area contributed by atoms with Crippen molar-refractivity contribution in [1.82, 2.24) is 4.90 Å². The van der Waals surface area contributed by atoms with Crippen LogP contribution in [-0.2, 0) is 14.4 Å². The Hall–Kier alpha value is -3.02. The zero-order valence-electron chi connectivity index (χ0n) is 15.8. The average Bonchev–Trinajstić information content (AvgIpc) is 3.38. The van der Waals surface area contributed by atoms with Crippen molar-refractivity contribution in [2.24, 2.45) is 23.7 Å². The van der Waals surface area contributed by atoms with Gasteiger partial charge in [-0.05, 0) is 60.4 Å². The third kappa shape index (κ3) is 2.94. The summed E-state index contributed by atoms with van der Waals surface area (Å²) < 4.78 is 13.0. The number of rotatable bonds is 4. The van der Waals surface area contributed by atoms with Gasteiger partial charge in [0.25, 0.3) is 0 Å². The van der Waals surface area contributed by atoms with Crippen LogP contribution in [0.15, 0.2) is 54.6 Å². The molecule has 0 spiro atoms. The Morgan fingerprint density at radius 3 is 2.38 bits per heavy atom. The molecule has 0 radical (unpaired) electrons. The number of nitrogens with one attached hydrogen (secondary N) is 1. The minimum Gasteiger partial charge on any atom is -0.325 e. The Morgan fingerprint density at radius 1 is 0.966 bits per heavy atom. The highest BCUT2D eigenvalue weighted by molar-refractivity contribution is 6.09. The highest BCUT2D eigenvalue weighted by Crippen LogP contribution is 2.61. The number of nitrogens with zero attached hydrogens (tertiary/aromatic N) is 1. The number of hydrogen-bond acceptors (Lipinski definition) is 3. The molecule has 29 heavy (non-hydrogen) atoms. The summed E-state index contributed by atoms with van der Waals surface area (Å²) in [6, 6.07) is 15.6. The lowest BCUT2D eigenvalue weighted by Crippen LogP contribution is -2.39. The Kier molecular flexibility index (Phi) is 4.23. The van der Waals surface area contributed by atoms with Crippen LogP contribution in [-0.4, -0.2) is 29.2 Å². The van der Waals surface area contributed by atoms with Crippen LogP contribution in [0.1, 0.15) is 24.3 Å². The van der Waals surface area contributed by atoms with Crippen molar-refractivity contribution in [3.63, 3.8) is 0 Å². The second kappa shape index (κ2) is 6.79. The summed E-state index contributed by atoms with van der Waals surface area (Å²) in [7, 11) is 0. The Balaban J connectivity index is 1.31. The van der Waals surface area contributed by atoms with Gasteiger partial charge >= 0.3 is 0 Å². The van der Waals surface area contributed by atoms with Crippen molar-refractivity contribution >= 4 is 23.4 Å². The number of halogens is 1. The average molecular weight is 392 g/mol. The van der Waals surface area contributed by atoms with Crippen LogP contribution in [0.5, 0.6) is 0 Å². The number of anilines is 1. The van der Waals surface area contributed by atoms with Crippen molar-refractivity contribution in [3.05, 3.63) is 66.0 Å². The largest absolute Gasteiger partial charge is 0.325 e. The number of benzene rings is 2. The zero-order chi connectivity index (χ0) is 20.1. The quantitative estimate of drug-likeness (QED) is 0.813. The van der Waals surface area contributed by atoms with Crippen molar-refractivity contribution < 1.29 is 18.8 Å². The van der Waals surface area contributed by atoms with Gasteiger partial charge in [-0.3, -0.25) is 19.3 Å². The summed E-state index contributed by atoms with van der Waals surface area (Å²) in [4.78, 5) is 39.5. The molecule has 2 saturated carbocycles. The van der Waals surface area contributed by atoms with Crippen LogP contribution in [0.4, 0.5) is 10.1 Å². The lowest BCUT2D eigenvalue weighted by Gasteiger charge is -2.28. The van der Waals surface area contributed by atoms with Gasteiger partial charge in [0.05, 0.1) is 11.8 Å². The summed E-state index contributed by atoms with van der Waals surface area (Å²) in [5, 5.41) is 2.62. The van der Waals surface area contributed by atoms with E-state index in [4.69, 9.17) is 0 Å². The molecule has 148 valence electrons. The van der Waals surface area contributed by atoms with Gasteiger partial charge in [-0.1, -0.05) is 30.3 Å². The maximum atomic E-state index is 13.1. The molecule has 2 aliphatic carbocycles. The lowest BCUT2D eigenvalue weighted by molar-refractivity contribution is -0.143. The summed E-state index contributed by atoms with van der Waals surface area (Å²) in [6.07, 6.45) is 1.83.